The van der Waals surface area contributed by atoms with Gasteiger partial charge in [-0.05, 0) is 43.1 Å². The first-order chi connectivity index (χ1) is 10.2. The fraction of sp³-hybridized carbons (Fsp3) is 0.333. The molecule has 0 aromatic carbocycles. The Morgan fingerprint density at radius 3 is 2.86 bits per heavy atom. The molecule has 110 valence electrons. The maximum absolute atomic E-state index is 6.09. The van der Waals surface area contributed by atoms with Gasteiger partial charge in [0.1, 0.15) is 16.4 Å². The number of anilines is 1. The number of hydrogen-bond acceptors (Lipinski definition) is 5. The quantitative estimate of drug-likeness (QED) is 0.648. The molecule has 0 saturated carbocycles. The second kappa shape index (κ2) is 6.03. The van der Waals surface area contributed by atoms with E-state index in [1.54, 1.807) is 17.6 Å². The van der Waals surface area contributed by atoms with Crippen LogP contribution in [-0.4, -0.2) is 16.5 Å². The van der Waals surface area contributed by atoms with Gasteiger partial charge in [-0.15, -0.1) is 11.3 Å². The molecule has 0 spiro atoms. The van der Waals surface area contributed by atoms with Crippen LogP contribution in [0.15, 0.2) is 28.9 Å². The van der Waals surface area contributed by atoms with Crippen molar-refractivity contribution in [3.05, 3.63) is 40.4 Å². The van der Waals surface area contributed by atoms with Crippen molar-refractivity contribution in [3.63, 3.8) is 0 Å². The summed E-state index contributed by atoms with van der Waals surface area (Å²) in [7, 11) is 0. The molecule has 0 radical (unpaired) electrons. The summed E-state index contributed by atoms with van der Waals surface area (Å²) in [5.74, 6) is 1.78. The van der Waals surface area contributed by atoms with Gasteiger partial charge >= 0.3 is 0 Å². The van der Waals surface area contributed by atoms with Crippen molar-refractivity contribution < 1.29 is 4.42 Å². The lowest BCUT2D eigenvalue weighted by atomic mass is 10.3. The molecule has 0 amide bonds. The van der Waals surface area contributed by atoms with Crippen molar-refractivity contribution in [1.82, 2.24) is 9.97 Å². The van der Waals surface area contributed by atoms with E-state index >= 15 is 0 Å². The van der Waals surface area contributed by atoms with E-state index in [1.165, 1.54) is 4.88 Å². The highest BCUT2D eigenvalue weighted by molar-refractivity contribution is 7.18. The summed E-state index contributed by atoms with van der Waals surface area (Å²) in [5.41, 5.74) is 0. The molecule has 0 bridgehead atoms. The summed E-state index contributed by atoms with van der Waals surface area (Å²) in [6.45, 7) is 5.72. The van der Waals surface area contributed by atoms with Crippen LogP contribution in [0, 0.1) is 0 Å². The molecular formula is C15H16ClN3OS. The van der Waals surface area contributed by atoms with Crippen molar-refractivity contribution in [2.24, 2.45) is 0 Å². The molecule has 0 aliphatic rings. The van der Waals surface area contributed by atoms with E-state index in [2.05, 4.69) is 34.8 Å². The first-order valence-electron chi connectivity index (χ1n) is 6.94. The Balaban J connectivity index is 2.05. The Morgan fingerprint density at radius 2 is 2.19 bits per heavy atom. The predicted molar refractivity (Wildman–Crippen MR) is 87.2 cm³/mol. The minimum absolute atomic E-state index is 0.292. The Morgan fingerprint density at radius 1 is 1.33 bits per heavy atom. The van der Waals surface area contributed by atoms with Gasteiger partial charge in [0.05, 0.1) is 18.2 Å². The van der Waals surface area contributed by atoms with Gasteiger partial charge in [0.2, 0.25) is 5.28 Å². The third-order valence-corrected chi connectivity index (χ3v) is 4.70. The van der Waals surface area contributed by atoms with Gasteiger partial charge in [-0.1, -0.05) is 6.92 Å². The topological polar surface area (TPSA) is 42.2 Å². The van der Waals surface area contributed by atoms with Crippen LogP contribution >= 0.6 is 22.9 Å². The average Bonchev–Trinajstić information content (AvgIpc) is 3.12. The average molecular weight is 322 g/mol. The van der Waals surface area contributed by atoms with E-state index < -0.39 is 0 Å². The summed E-state index contributed by atoms with van der Waals surface area (Å²) >= 11 is 7.77. The second-order valence-corrected chi connectivity index (χ2v) is 6.15. The third-order valence-electron chi connectivity index (χ3n) is 3.35. The van der Waals surface area contributed by atoms with Gasteiger partial charge in [-0.25, -0.2) is 4.98 Å². The number of furan rings is 1. The zero-order valence-electron chi connectivity index (χ0n) is 12.0. The molecule has 0 aliphatic carbocycles. The summed E-state index contributed by atoms with van der Waals surface area (Å²) in [4.78, 5) is 13.2. The molecule has 0 N–H and O–H groups in total. The first-order valence-corrected chi connectivity index (χ1v) is 8.14. The Bertz CT molecular complexity index is 739. The maximum atomic E-state index is 6.09. The largest absolute Gasteiger partial charge is 0.467 e. The second-order valence-electron chi connectivity index (χ2n) is 4.69. The molecule has 3 heterocycles. The minimum atomic E-state index is 0.292. The summed E-state index contributed by atoms with van der Waals surface area (Å²) in [5, 5.41) is 1.36. The molecule has 0 saturated heterocycles. The molecule has 21 heavy (non-hydrogen) atoms. The lowest BCUT2D eigenvalue weighted by Gasteiger charge is -2.21. The Kier molecular flexibility index (Phi) is 4.12. The number of halogens is 1. The van der Waals surface area contributed by atoms with Gasteiger partial charge in [-0.2, -0.15) is 4.98 Å². The lowest BCUT2D eigenvalue weighted by Crippen LogP contribution is -2.23. The highest BCUT2D eigenvalue weighted by atomic mass is 35.5. The highest BCUT2D eigenvalue weighted by Gasteiger charge is 2.16. The van der Waals surface area contributed by atoms with Crippen molar-refractivity contribution in [1.29, 1.82) is 0 Å². The number of fused-ring (bicyclic) bond motifs is 1. The van der Waals surface area contributed by atoms with Crippen LogP contribution in [0.25, 0.3) is 10.2 Å². The van der Waals surface area contributed by atoms with Crippen LogP contribution in [0.4, 0.5) is 5.82 Å². The van der Waals surface area contributed by atoms with E-state index in [0.717, 1.165) is 34.8 Å². The standard InChI is InChI=1S/C15H16ClN3OS/c1-3-11-8-12-13(17-15(16)18-14(12)21-11)19(4-2)9-10-6-5-7-20-10/h5-8H,3-4,9H2,1-2H3. The molecular weight excluding hydrogens is 306 g/mol. The smallest absolute Gasteiger partial charge is 0.225 e. The number of nitrogens with zero attached hydrogens (tertiary/aromatic N) is 3. The fourth-order valence-corrected chi connectivity index (χ4v) is 3.45. The highest BCUT2D eigenvalue weighted by Crippen LogP contribution is 2.32. The van der Waals surface area contributed by atoms with Crippen molar-refractivity contribution in [2.45, 2.75) is 26.8 Å². The number of thiophene rings is 1. The first kappa shape index (κ1) is 14.4. The molecule has 3 aromatic rings. The van der Waals surface area contributed by atoms with Crippen LogP contribution in [0.5, 0.6) is 0 Å². The van der Waals surface area contributed by atoms with Crippen LogP contribution in [0.2, 0.25) is 5.28 Å². The van der Waals surface area contributed by atoms with Crippen molar-refractivity contribution in [2.75, 3.05) is 11.4 Å². The van der Waals surface area contributed by atoms with Crippen LogP contribution < -0.4 is 4.90 Å². The maximum Gasteiger partial charge on any atom is 0.225 e. The lowest BCUT2D eigenvalue weighted by molar-refractivity contribution is 0.503. The molecule has 0 fully saturated rings. The summed E-state index contributed by atoms with van der Waals surface area (Å²) in [6, 6.07) is 6.02. The van der Waals surface area contributed by atoms with Gasteiger partial charge in [0, 0.05) is 11.4 Å². The molecule has 0 aliphatic heterocycles. The normalized spacial score (nSPS) is 11.2. The molecule has 4 nitrogen and oxygen atoms in total. The number of aryl methyl sites for hydroxylation is 1. The zero-order valence-corrected chi connectivity index (χ0v) is 13.5. The molecule has 3 aromatic heterocycles. The molecule has 6 heteroatoms. The SMILES string of the molecule is CCc1cc2c(N(CC)Cc3ccco3)nc(Cl)nc2s1. The molecule has 3 rings (SSSR count). The van der Waals surface area contributed by atoms with Crippen LogP contribution in [0.3, 0.4) is 0 Å². The van der Waals surface area contributed by atoms with Crippen molar-refractivity contribution >= 4 is 39.0 Å². The zero-order chi connectivity index (χ0) is 14.8. The molecule has 0 atom stereocenters. The van der Waals surface area contributed by atoms with Crippen LogP contribution in [0.1, 0.15) is 24.5 Å². The van der Waals surface area contributed by atoms with Gasteiger partial charge < -0.3 is 9.32 Å². The Labute approximate surface area is 132 Å². The van der Waals surface area contributed by atoms with E-state index in [-0.39, 0.29) is 0 Å². The predicted octanol–water partition coefficient (Wildman–Crippen LogP) is 4.53. The number of hydrogen-bond donors (Lipinski definition) is 0. The monoisotopic (exact) mass is 321 g/mol. The van der Waals surface area contributed by atoms with Gasteiger partial charge in [0.25, 0.3) is 0 Å². The van der Waals surface area contributed by atoms with E-state index in [0.29, 0.717) is 11.8 Å². The summed E-state index contributed by atoms with van der Waals surface area (Å²) < 4.78 is 5.44. The number of aromatic nitrogens is 2. The number of rotatable bonds is 5. The summed E-state index contributed by atoms with van der Waals surface area (Å²) in [6.07, 6.45) is 2.67. The Hall–Kier alpha value is -1.59. The van der Waals surface area contributed by atoms with E-state index in [1.807, 2.05) is 12.1 Å². The van der Waals surface area contributed by atoms with Crippen LogP contribution in [-0.2, 0) is 13.0 Å². The minimum Gasteiger partial charge on any atom is -0.467 e. The van der Waals surface area contributed by atoms with Gasteiger partial charge in [0.15, 0.2) is 0 Å². The van der Waals surface area contributed by atoms with E-state index in [4.69, 9.17) is 16.0 Å². The third kappa shape index (κ3) is 2.89. The van der Waals surface area contributed by atoms with E-state index in [9.17, 15) is 0 Å². The molecule has 0 unspecified atom stereocenters. The van der Waals surface area contributed by atoms with Crippen molar-refractivity contribution in [3.8, 4) is 0 Å². The fourth-order valence-electron chi connectivity index (χ4n) is 2.27. The van der Waals surface area contributed by atoms with Gasteiger partial charge in [-0.3, -0.25) is 0 Å².